The number of hydrogen-bond donors (Lipinski definition) is 0. The molecule has 38 heavy (non-hydrogen) atoms. The molecule has 2 nitrogen and oxygen atoms in total. The highest BCUT2D eigenvalue weighted by molar-refractivity contribution is 6.14. The third kappa shape index (κ3) is 4.84. The molecule has 0 N–H and O–H groups in total. The highest BCUT2D eigenvalue weighted by Gasteiger charge is 2.33. The number of imidazole rings is 1. The molecule has 0 saturated carbocycles. The quantitative estimate of drug-likeness (QED) is 0.215. The maximum Gasteiger partial charge on any atom is 0.146 e. The van der Waals surface area contributed by atoms with Gasteiger partial charge >= 0.3 is 0 Å². The second-order valence-electron chi connectivity index (χ2n) is 11.4. The van der Waals surface area contributed by atoms with Crippen molar-refractivity contribution in [1.82, 2.24) is 9.38 Å². The van der Waals surface area contributed by atoms with Gasteiger partial charge in [-0.2, -0.15) is 0 Å². The summed E-state index contributed by atoms with van der Waals surface area (Å²) >= 11 is 0. The number of halogens is 1. The standard InChI is InChI=1S/C30H31FN2.C5H12/c1-17(2)30(7,31)24-10-8-9-23-22-12-11-18(3)15-25(22)33-26(16-32-29(33)28(23)24)27-20(5)13-19(4)14-21(27)6;1-3-5-4-2/h8-17H,1-7H3;3-5H2,1-2H3. The van der Waals surface area contributed by atoms with Gasteiger partial charge in [-0.05, 0) is 68.7 Å². The van der Waals surface area contributed by atoms with E-state index in [1.54, 1.807) is 6.92 Å². The van der Waals surface area contributed by atoms with Crippen molar-refractivity contribution in [3.8, 4) is 11.3 Å². The van der Waals surface area contributed by atoms with Gasteiger partial charge in [0.15, 0.2) is 0 Å². The predicted molar refractivity (Wildman–Crippen MR) is 163 cm³/mol. The van der Waals surface area contributed by atoms with Crippen LogP contribution in [0.2, 0.25) is 0 Å². The summed E-state index contributed by atoms with van der Waals surface area (Å²) in [6, 6.07) is 17.0. The lowest BCUT2D eigenvalue weighted by Gasteiger charge is -2.27. The van der Waals surface area contributed by atoms with E-state index in [0.29, 0.717) is 5.56 Å². The van der Waals surface area contributed by atoms with Gasteiger partial charge in [-0.25, -0.2) is 9.37 Å². The molecule has 1 unspecified atom stereocenters. The summed E-state index contributed by atoms with van der Waals surface area (Å²) in [4.78, 5) is 4.94. The molecule has 0 aliphatic rings. The number of rotatable bonds is 5. The highest BCUT2D eigenvalue weighted by atomic mass is 19.1. The normalized spacial score (nSPS) is 13.2. The Morgan fingerprint density at radius 2 is 1.53 bits per heavy atom. The summed E-state index contributed by atoms with van der Waals surface area (Å²) in [7, 11) is 0. The summed E-state index contributed by atoms with van der Waals surface area (Å²) in [6.45, 7) is 18.6. The Hall–Kier alpha value is -3.20. The molecule has 5 rings (SSSR count). The first kappa shape index (κ1) is 27.8. The zero-order chi connectivity index (χ0) is 27.8. The maximum absolute atomic E-state index is 16.1. The van der Waals surface area contributed by atoms with Crippen molar-refractivity contribution >= 4 is 27.3 Å². The smallest absolute Gasteiger partial charge is 0.146 e. The van der Waals surface area contributed by atoms with Gasteiger partial charge in [-0.1, -0.05) is 95.0 Å². The van der Waals surface area contributed by atoms with E-state index in [1.165, 1.54) is 47.1 Å². The molecule has 5 aromatic rings. The predicted octanol–water partition coefficient (Wildman–Crippen LogP) is 10.6. The van der Waals surface area contributed by atoms with Crippen LogP contribution in [0.5, 0.6) is 0 Å². The number of aryl methyl sites for hydroxylation is 4. The van der Waals surface area contributed by atoms with Crippen molar-refractivity contribution in [2.75, 3.05) is 0 Å². The Morgan fingerprint density at radius 1 is 0.868 bits per heavy atom. The summed E-state index contributed by atoms with van der Waals surface area (Å²) in [5.41, 5.74) is 8.29. The van der Waals surface area contributed by atoms with Gasteiger partial charge in [-0.3, -0.25) is 4.40 Å². The summed E-state index contributed by atoms with van der Waals surface area (Å²) in [5, 5.41) is 3.07. The van der Waals surface area contributed by atoms with Crippen molar-refractivity contribution < 1.29 is 4.39 Å². The maximum atomic E-state index is 16.1. The number of alkyl halides is 1. The largest absolute Gasteiger partial charge is 0.292 e. The molecule has 0 radical (unpaired) electrons. The molecule has 3 heteroatoms. The molecule has 3 aromatic carbocycles. The monoisotopic (exact) mass is 510 g/mol. The molecule has 0 bridgehead atoms. The molecule has 2 aromatic heterocycles. The fourth-order valence-corrected chi connectivity index (χ4v) is 5.68. The van der Waals surface area contributed by atoms with Crippen LogP contribution in [-0.4, -0.2) is 9.38 Å². The summed E-state index contributed by atoms with van der Waals surface area (Å²) < 4.78 is 18.4. The lowest BCUT2D eigenvalue weighted by atomic mass is 9.84. The first-order valence-corrected chi connectivity index (χ1v) is 14.1. The van der Waals surface area contributed by atoms with Gasteiger partial charge in [0.05, 0.1) is 17.4 Å². The van der Waals surface area contributed by atoms with E-state index < -0.39 is 5.67 Å². The van der Waals surface area contributed by atoms with Crippen LogP contribution in [0.1, 0.15) is 81.7 Å². The number of nitrogens with zero attached hydrogens (tertiary/aromatic N) is 2. The average molecular weight is 511 g/mol. The fraction of sp³-hybridized carbons (Fsp3) is 0.400. The van der Waals surface area contributed by atoms with Crippen LogP contribution in [-0.2, 0) is 5.67 Å². The molecule has 0 aliphatic heterocycles. The van der Waals surface area contributed by atoms with Crippen LogP contribution < -0.4 is 0 Å². The van der Waals surface area contributed by atoms with Crippen LogP contribution >= 0.6 is 0 Å². The van der Waals surface area contributed by atoms with Crippen molar-refractivity contribution in [1.29, 1.82) is 0 Å². The number of benzene rings is 3. The van der Waals surface area contributed by atoms with E-state index in [4.69, 9.17) is 4.98 Å². The number of aromatic nitrogens is 2. The Morgan fingerprint density at radius 3 is 2.11 bits per heavy atom. The van der Waals surface area contributed by atoms with Gasteiger partial charge in [0.2, 0.25) is 0 Å². The van der Waals surface area contributed by atoms with Crippen LogP contribution in [0, 0.1) is 33.6 Å². The molecule has 2 heterocycles. The van der Waals surface area contributed by atoms with Gasteiger partial charge in [-0.15, -0.1) is 0 Å². The summed E-state index contributed by atoms with van der Waals surface area (Å²) in [6.07, 6.45) is 6.04. The number of pyridine rings is 1. The molecule has 0 spiro atoms. The van der Waals surface area contributed by atoms with Crippen LogP contribution in [0.4, 0.5) is 4.39 Å². The minimum atomic E-state index is -1.47. The molecule has 0 saturated heterocycles. The second-order valence-corrected chi connectivity index (χ2v) is 11.4. The Balaban J connectivity index is 0.000000617. The molecule has 0 amide bonds. The zero-order valence-corrected chi connectivity index (χ0v) is 24.7. The third-order valence-corrected chi connectivity index (χ3v) is 7.99. The van der Waals surface area contributed by atoms with E-state index in [2.05, 4.69) is 82.3 Å². The van der Waals surface area contributed by atoms with Crippen LogP contribution in [0.15, 0.2) is 54.7 Å². The molecule has 0 aliphatic carbocycles. The lowest BCUT2D eigenvalue weighted by Crippen LogP contribution is -2.23. The highest BCUT2D eigenvalue weighted by Crippen LogP contribution is 2.43. The minimum Gasteiger partial charge on any atom is -0.292 e. The average Bonchev–Trinajstić information content (AvgIpc) is 3.28. The Bertz CT molecular complexity index is 1580. The summed E-state index contributed by atoms with van der Waals surface area (Å²) in [5.74, 6) is -0.159. The van der Waals surface area contributed by atoms with E-state index in [9.17, 15) is 0 Å². The van der Waals surface area contributed by atoms with Crippen LogP contribution in [0.3, 0.4) is 0 Å². The number of fused-ring (bicyclic) bond motifs is 6. The molecular formula is C35H43FN2. The van der Waals surface area contributed by atoms with E-state index in [1.807, 2.05) is 32.2 Å². The van der Waals surface area contributed by atoms with Crippen molar-refractivity contribution in [2.45, 2.75) is 87.2 Å². The van der Waals surface area contributed by atoms with Gasteiger partial charge in [0.1, 0.15) is 11.3 Å². The molecule has 200 valence electrons. The van der Waals surface area contributed by atoms with E-state index >= 15 is 4.39 Å². The number of hydrogen-bond acceptors (Lipinski definition) is 1. The van der Waals surface area contributed by atoms with Crippen molar-refractivity contribution in [2.24, 2.45) is 5.92 Å². The lowest BCUT2D eigenvalue weighted by molar-refractivity contribution is 0.125. The number of unbranched alkanes of at least 4 members (excludes halogenated alkanes) is 2. The molecule has 0 fully saturated rings. The van der Waals surface area contributed by atoms with E-state index in [-0.39, 0.29) is 5.92 Å². The Labute approximate surface area is 227 Å². The first-order chi connectivity index (χ1) is 18.0. The molecular weight excluding hydrogens is 467 g/mol. The Kier molecular flexibility index (Phi) is 7.97. The second kappa shape index (κ2) is 10.9. The topological polar surface area (TPSA) is 17.3 Å². The minimum absolute atomic E-state index is 0.159. The SMILES string of the molecule is CCCCC.Cc1cc(C)c(-c2cnc3c4c(C(C)(F)C(C)C)cccc4c4ccc(C)cc4n23)c(C)c1. The van der Waals surface area contributed by atoms with E-state index in [0.717, 1.165) is 33.0 Å². The van der Waals surface area contributed by atoms with Gasteiger partial charge in [0.25, 0.3) is 0 Å². The first-order valence-electron chi connectivity index (χ1n) is 14.1. The van der Waals surface area contributed by atoms with Crippen molar-refractivity contribution in [3.05, 3.63) is 82.5 Å². The molecule has 1 atom stereocenters. The third-order valence-electron chi connectivity index (χ3n) is 7.99. The van der Waals surface area contributed by atoms with Gasteiger partial charge in [0, 0.05) is 21.9 Å². The fourth-order valence-electron chi connectivity index (χ4n) is 5.68. The van der Waals surface area contributed by atoms with Gasteiger partial charge < -0.3 is 0 Å². The van der Waals surface area contributed by atoms with Crippen molar-refractivity contribution in [3.63, 3.8) is 0 Å². The van der Waals surface area contributed by atoms with Crippen LogP contribution in [0.25, 0.3) is 38.6 Å². The zero-order valence-electron chi connectivity index (χ0n) is 24.7.